The number of hydrogen-bond acceptors (Lipinski definition) is 4. The Balaban J connectivity index is 2.11. The van der Waals surface area contributed by atoms with Gasteiger partial charge in [-0.05, 0) is 32.3 Å². The molecule has 0 fully saturated rings. The summed E-state index contributed by atoms with van der Waals surface area (Å²) in [5.74, 6) is 0. The summed E-state index contributed by atoms with van der Waals surface area (Å²) in [6.45, 7) is 2.75. The topological polar surface area (TPSA) is 36.3 Å². The summed E-state index contributed by atoms with van der Waals surface area (Å²) in [6.07, 6.45) is 3.71. The van der Waals surface area contributed by atoms with Crippen molar-refractivity contribution in [2.45, 2.75) is 6.54 Å². The Morgan fingerprint density at radius 2 is 2.00 bits per heavy atom. The van der Waals surface area contributed by atoms with Crippen LogP contribution in [-0.2, 0) is 13.6 Å². The van der Waals surface area contributed by atoms with Crippen LogP contribution in [0.5, 0.6) is 0 Å². The highest BCUT2D eigenvalue weighted by atomic mass is 79.9. The summed E-state index contributed by atoms with van der Waals surface area (Å²) in [5.41, 5.74) is 3.48. The first-order valence-corrected chi connectivity index (χ1v) is 8.11. The fraction of sp³-hybridized carbons (Fsp3) is 0.438. The minimum absolute atomic E-state index is 0.751. The summed E-state index contributed by atoms with van der Waals surface area (Å²) in [5, 5.41) is 3.52. The average Bonchev–Trinajstić information content (AvgIpc) is 2.88. The molecule has 22 heavy (non-hydrogen) atoms. The third kappa shape index (κ3) is 4.48. The smallest absolute Gasteiger partial charge is 0.0946 e. The molecule has 0 aliphatic rings. The number of hydrogen-bond donors (Lipinski definition) is 1. The molecule has 0 aliphatic heterocycles. The van der Waals surface area contributed by atoms with Crippen molar-refractivity contribution in [2.24, 2.45) is 7.05 Å². The van der Waals surface area contributed by atoms with E-state index in [0.717, 1.165) is 35.5 Å². The van der Waals surface area contributed by atoms with Gasteiger partial charge in [-0.3, -0.25) is 0 Å². The Kier molecular flexibility index (Phi) is 5.85. The SMILES string of the molecule is CN(C)CCN(C)c1ccc(Br)cc1NCc1cncn1C. The summed E-state index contributed by atoms with van der Waals surface area (Å²) in [4.78, 5) is 8.62. The quantitative estimate of drug-likeness (QED) is 0.818. The van der Waals surface area contributed by atoms with Crippen molar-refractivity contribution >= 4 is 27.3 Å². The maximum Gasteiger partial charge on any atom is 0.0946 e. The lowest BCUT2D eigenvalue weighted by Crippen LogP contribution is -2.29. The predicted octanol–water partition coefficient (Wildman–Crippen LogP) is 2.79. The van der Waals surface area contributed by atoms with Gasteiger partial charge in [-0.15, -0.1) is 0 Å². The summed E-state index contributed by atoms with van der Waals surface area (Å²) < 4.78 is 3.10. The molecule has 1 aromatic carbocycles. The van der Waals surface area contributed by atoms with Gasteiger partial charge in [0, 0.05) is 37.9 Å². The average molecular weight is 366 g/mol. The van der Waals surface area contributed by atoms with Crippen molar-refractivity contribution in [3.63, 3.8) is 0 Å². The van der Waals surface area contributed by atoms with Crippen molar-refractivity contribution in [1.82, 2.24) is 14.5 Å². The van der Waals surface area contributed by atoms with Gasteiger partial charge in [-0.25, -0.2) is 4.98 Å². The fourth-order valence-corrected chi connectivity index (χ4v) is 2.55. The number of aromatic nitrogens is 2. The lowest BCUT2D eigenvalue weighted by atomic mass is 10.2. The number of imidazole rings is 1. The molecule has 0 amide bonds. The highest BCUT2D eigenvalue weighted by Gasteiger charge is 2.09. The van der Waals surface area contributed by atoms with E-state index in [-0.39, 0.29) is 0 Å². The molecule has 0 aliphatic carbocycles. The van der Waals surface area contributed by atoms with Crippen molar-refractivity contribution in [3.05, 3.63) is 40.9 Å². The van der Waals surface area contributed by atoms with E-state index in [9.17, 15) is 0 Å². The van der Waals surface area contributed by atoms with Gasteiger partial charge in [0.05, 0.1) is 29.9 Å². The second kappa shape index (κ2) is 7.65. The molecule has 2 aromatic rings. The van der Waals surface area contributed by atoms with Crippen LogP contribution in [0.2, 0.25) is 0 Å². The maximum atomic E-state index is 4.16. The third-order valence-electron chi connectivity index (χ3n) is 3.63. The minimum Gasteiger partial charge on any atom is -0.378 e. The summed E-state index contributed by atoms with van der Waals surface area (Å²) in [6, 6.07) is 6.35. The maximum absolute atomic E-state index is 4.16. The van der Waals surface area contributed by atoms with E-state index in [0.29, 0.717) is 0 Å². The molecule has 0 spiro atoms. The van der Waals surface area contributed by atoms with Crippen LogP contribution in [0.1, 0.15) is 5.69 Å². The number of likely N-dealkylation sites (N-methyl/N-ethyl adjacent to an activating group) is 2. The predicted molar refractivity (Wildman–Crippen MR) is 96.5 cm³/mol. The molecule has 0 saturated heterocycles. The Labute approximate surface area is 141 Å². The van der Waals surface area contributed by atoms with Crippen LogP contribution >= 0.6 is 15.9 Å². The monoisotopic (exact) mass is 365 g/mol. The van der Waals surface area contributed by atoms with Gasteiger partial charge in [0.25, 0.3) is 0 Å². The van der Waals surface area contributed by atoms with Crippen molar-refractivity contribution in [3.8, 4) is 0 Å². The second-order valence-corrected chi connectivity index (χ2v) is 6.65. The van der Waals surface area contributed by atoms with Gasteiger partial charge in [0.1, 0.15) is 0 Å². The lowest BCUT2D eigenvalue weighted by molar-refractivity contribution is 0.416. The number of aryl methyl sites for hydroxylation is 1. The summed E-state index contributed by atoms with van der Waals surface area (Å²) >= 11 is 3.56. The Morgan fingerprint density at radius 3 is 2.64 bits per heavy atom. The van der Waals surface area contributed by atoms with Gasteiger partial charge in [0.15, 0.2) is 0 Å². The zero-order valence-electron chi connectivity index (χ0n) is 13.7. The van der Waals surface area contributed by atoms with E-state index in [4.69, 9.17) is 0 Å². The number of halogens is 1. The first-order chi connectivity index (χ1) is 10.5. The van der Waals surface area contributed by atoms with E-state index in [1.54, 1.807) is 0 Å². The molecule has 1 heterocycles. The Bertz CT molecular complexity index is 608. The minimum atomic E-state index is 0.751. The Hall–Kier alpha value is -1.53. The molecule has 0 radical (unpaired) electrons. The van der Waals surface area contributed by atoms with Crippen molar-refractivity contribution < 1.29 is 0 Å². The molecule has 6 heteroatoms. The highest BCUT2D eigenvalue weighted by Crippen LogP contribution is 2.29. The molecule has 0 bridgehead atoms. The third-order valence-corrected chi connectivity index (χ3v) is 4.12. The standard InChI is InChI=1S/C16H24BrN5/c1-20(2)7-8-21(3)16-6-5-13(17)9-15(16)19-11-14-10-18-12-22(14)4/h5-6,9-10,12,19H,7-8,11H2,1-4H3. The van der Waals surface area contributed by atoms with Crippen LogP contribution in [0.4, 0.5) is 11.4 Å². The molecule has 0 saturated carbocycles. The number of benzene rings is 1. The number of rotatable bonds is 7. The normalized spacial score (nSPS) is 11.0. The highest BCUT2D eigenvalue weighted by molar-refractivity contribution is 9.10. The van der Waals surface area contributed by atoms with E-state index in [1.807, 2.05) is 24.1 Å². The van der Waals surface area contributed by atoms with Crippen LogP contribution in [0, 0.1) is 0 Å². The molecule has 0 atom stereocenters. The molecular weight excluding hydrogens is 342 g/mol. The molecular formula is C16H24BrN5. The van der Waals surface area contributed by atoms with E-state index < -0.39 is 0 Å². The molecule has 1 aromatic heterocycles. The molecule has 1 N–H and O–H groups in total. The second-order valence-electron chi connectivity index (χ2n) is 5.74. The summed E-state index contributed by atoms with van der Waals surface area (Å²) in [7, 11) is 8.32. The fourth-order valence-electron chi connectivity index (χ4n) is 2.19. The van der Waals surface area contributed by atoms with Crippen molar-refractivity contribution in [1.29, 1.82) is 0 Å². The van der Waals surface area contributed by atoms with Crippen molar-refractivity contribution in [2.75, 3.05) is 44.4 Å². The Morgan fingerprint density at radius 1 is 1.23 bits per heavy atom. The number of nitrogens with zero attached hydrogens (tertiary/aromatic N) is 4. The van der Waals surface area contributed by atoms with Gasteiger partial charge in [-0.1, -0.05) is 15.9 Å². The first-order valence-electron chi connectivity index (χ1n) is 7.32. The molecule has 120 valence electrons. The van der Waals surface area contributed by atoms with E-state index in [1.165, 1.54) is 5.69 Å². The number of nitrogens with one attached hydrogen (secondary N) is 1. The van der Waals surface area contributed by atoms with E-state index in [2.05, 4.69) is 75.4 Å². The molecule has 2 rings (SSSR count). The van der Waals surface area contributed by atoms with Crippen LogP contribution in [0.25, 0.3) is 0 Å². The van der Waals surface area contributed by atoms with Crippen LogP contribution in [-0.4, -0.2) is 48.7 Å². The van der Waals surface area contributed by atoms with E-state index >= 15 is 0 Å². The zero-order chi connectivity index (χ0) is 16.1. The van der Waals surface area contributed by atoms with Gasteiger partial charge in [0.2, 0.25) is 0 Å². The number of anilines is 2. The first kappa shape index (κ1) is 16.8. The molecule has 0 unspecified atom stereocenters. The van der Waals surface area contributed by atoms with Crippen LogP contribution in [0.15, 0.2) is 35.2 Å². The molecule has 5 nitrogen and oxygen atoms in total. The van der Waals surface area contributed by atoms with Crippen LogP contribution < -0.4 is 10.2 Å². The zero-order valence-corrected chi connectivity index (χ0v) is 15.3. The largest absolute Gasteiger partial charge is 0.378 e. The van der Waals surface area contributed by atoms with Gasteiger partial charge < -0.3 is 19.7 Å². The van der Waals surface area contributed by atoms with Crippen LogP contribution in [0.3, 0.4) is 0 Å². The lowest BCUT2D eigenvalue weighted by Gasteiger charge is -2.25. The van der Waals surface area contributed by atoms with Gasteiger partial charge in [-0.2, -0.15) is 0 Å². The van der Waals surface area contributed by atoms with Gasteiger partial charge >= 0.3 is 0 Å².